The predicted octanol–water partition coefficient (Wildman–Crippen LogP) is 5.34. The highest BCUT2D eigenvalue weighted by atomic mass is 79.9. The Morgan fingerprint density at radius 3 is 2.16 bits per heavy atom. The normalized spacial score (nSPS) is 11.1. The molecule has 4 rings (SSSR count). The van der Waals surface area contributed by atoms with Gasteiger partial charge in [0.15, 0.2) is 11.5 Å². The lowest BCUT2D eigenvalue weighted by Crippen LogP contribution is -2.04. The number of halogens is 1. The van der Waals surface area contributed by atoms with Crippen LogP contribution in [0.25, 0.3) is 28.7 Å². The fourth-order valence-electron chi connectivity index (χ4n) is 3.49. The SMILES string of the molecule is COc1cc(/C=C\c2nn(-c3ccc(Br)cc3)c3c(=O)ccccc23)cc(OC)c1OC. The van der Waals surface area contributed by atoms with Crippen LogP contribution in [0, 0.1) is 0 Å². The molecule has 162 valence electrons. The smallest absolute Gasteiger partial charge is 0.204 e. The number of aromatic nitrogens is 2. The molecular weight excluding hydrogens is 472 g/mol. The highest BCUT2D eigenvalue weighted by Crippen LogP contribution is 2.38. The van der Waals surface area contributed by atoms with Crippen LogP contribution in [0.4, 0.5) is 0 Å². The Hall–Kier alpha value is -3.58. The van der Waals surface area contributed by atoms with Crippen LogP contribution < -0.4 is 19.6 Å². The minimum atomic E-state index is -0.104. The third kappa shape index (κ3) is 4.11. The summed E-state index contributed by atoms with van der Waals surface area (Å²) < 4.78 is 18.9. The third-order valence-electron chi connectivity index (χ3n) is 5.00. The monoisotopic (exact) mass is 492 g/mol. The largest absolute Gasteiger partial charge is 0.493 e. The first-order valence-corrected chi connectivity index (χ1v) is 10.6. The summed E-state index contributed by atoms with van der Waals surface area (Å²) in [6.07, 6.45) is 3.77. The van der Waals surface area contributed by atoms with Crippen molar-refractivity contribution < 1.29 is 14.2 Å². The van der Waals surface area contributed by atoms with Crippen LogP contribution in [0.1, 0.15) is 11.3 Å². The molecule has 1 heterocycles. The van der Waals surface area contributed by atoms with Crippen LogP contribution in [-0.2, 0) is 0 Å². The number of ether oxygens (including phenoxy) is 3. The number of nitrogens with zero attached hydrogens (tertiary/aromatic N) is 2. The van der Waals surface area contributed by atoms with Gasteiger partial charge in [-0.2, -0.15) is 5.10 Å². The number of fused-ring (bicyclic) bond motifs is 1. The topological polar surface area (TPSA) is 62.6 Å². The zero-order valence-electron chi connectivity index (χ0n) is 17.8. The molecule has 0 spiro atoms. The summed E-state index contributed by atoms with van der Waals surface area (Å²) in [6, 6.07) is 18.4. The molecule has 0 amide bonds. The molecule has 0 saturated carbocycles. The van der Waals surface area contributed by atoms with Crippen molar-refractivity contribution in [2.24, 2.45) is 0 Å². The van der Waals surface area contributed by atoms with E-state index >= 15 is 0 Å². The lowest BCUT2D eigenvalue weighted by Gasteiger charge is -2.12. The van der Waals surface area contributed by atoms with Crippen LogP contribution in [0.3, 0.4) is 0 Å². The van der Waals surface area contributed by atoms with Crippen LogP contribution >= 0.6 is 15.9 Å². The molecule has 0 fully saturated rings. The van der Waals surface area contributed by atoms with Gasteiger partial charge in [-0.25, -0.2) is 4.68 Å². The van der Waals surface area contributed by atoms with Gasteiger partial charge in [0.2, 0.25) is 11.2 Å². The number of methoxy groups -OCH3 is 3. The van der Waals surface area contributed by atoms with Crippen molar-refractivity contribution in [2.45, 2.75) is 0 Å². The fraction of sp³-hybridized carbons (Fsp3) is 0.120. The zero-order chi connectivity index (χ0) is 22.7. The van der Waals surface area contributed by atoms with Crippen molar-refractivity contribution >= 4 is 39.0 Å². The van der Waals surface area contributed by atoms with E-state index in [9.17, 15) is 4.79 Å². The molecule has 0 bridgehead atoms. The van der Waals surface area contributed by atoms with Gasteiger partial charge >= 0.3 is 0 Å². The number of rotatable bonds is 6. The average Bonchev–Trinajstić information content (AvgIpc) is 3.07. The summed E-state index contributed by atoms with van der Waals surface area (Å²) in [7, 11) is 4.72. The minimum Gasteiger partial charge on any atom is -0.493 e. The second-order valence-electron chi connectivity index (χ2n) is 6.91. The third-order valence-corrected chi connectivity index (χ3v) is 5.53. The maximum atomic E-state index is 12.8. The Kier molecular flexibility index (Phi) is 6.28. The quantitative estimate of drug-likeness (QED) is 0.363. The van der Waals surface area contributed by atoms with Gasteiger partial charge in [-0.15, -0.1) is 0 Å². The molecule has 32 heavy (non-hydrogen) atoms. The van der Waals surface area contributed by atoms with E-state index in [1.165, 1.54) is 0 Å². The number of hydrogen-bond acceptors (Lipinski definition) is 5. The first kappa shape index (κ1) is 21.6. The average molecular weight is 493 g/mol. The standard InChI is InChI=1S/C25H21BrN2O4/c1-30-22-14-16(15-23(31-2)25(22)32-3)8-13-20-19-6-4-5-7-21(29)24(19)28(27-20)18-11-9-17(26)10-12-18/h4-15H,1-3H3/b13-8-. The first-order chi connectivity index (χ1) is 15.5. The summed E-state index contributed by atoms with van der Waals surface area (Å²) in [5.41, 5.74) is 2.72. The molecule has 7 heteroatoms. The lowest BCUT2D eigenvalue weighted by atomic mass is 10.1. The summed E-state index contributed by atoms with van der Waals surface area (Å²) in [6.45, 7) is 0. The van der Waals surface area contributed by atoms with Crippen molar-refractivity contribution in [3.8, 4) is 22.9 Å². The maximum Gasteiger partial charge on any atom is 0.204 e. The van der Waals surface area contributed by atoms with E-state index in [4.69, 9.17) is 19.3 Å². The first-order valence-electron chi connectivity index (χ1n) is 9.82. The van der Waals surface area contributed by atoms with Gasteiger partial charge in [-0.05, 0) is 54.1 Å². The molecule has 0 aliphatic rings. The Morgan fingerprint density at radius 1 is 0.875 bits per heavy atom. The van der Waals surface area contributed by atoms with Gasteiger partial charge in [-0.1, -0.05) is 40.2 Å². The van der Waals surface area contributed by atoms with E-state index in [0.717, 1.165) is 21.1 Å². The van der Waals surface area contributed by atoms with E-state index in [1.54, 1.807) is 38.1 Å². The molecular formula is C25H21BrN2O4. The Bertz CT molecular complexity index is 1340. The van der Waals surface area contributed by atoms with E-state index < -0.39 is 0 Å². The summed E-state index contributed by atoms with van der Waals surface area (Å²) >= 11 is 3.45. The molecule has 6 nitrogen and oxygen atoms in total. The molecule has 0 aliphatic heterocycles. The number of hydrogen-bond donors (Lipinski definition) is 0. The van der Waals surface area contributed by atoms with Gasteiger partial charge in [-0.3, -0.25) is 4.79 Å². The fourth-order valence-corrected chi connectivity index (χ4v) is 3.75. The molecule has 3 aromatic carbocycles. The maximum absolute atomic E-state index is 12.8. The Morgan fingerprint density at radius 2 is 1.53 bits per heavy atom. The minimum absolute atomic E-state index is 0.104. The zero-order valence-corrected chi connectivity index (χ0v) is 19.4. The van der Waals surface area contributed by atoms with Crippen molar-refractivity contribution in [1.29, 1.82) is 0 Å². The summed E-state index contributed by atoms with van der Waals surface area (Å²) in [4.78, 5) is 12.8. The van der Waals surface area contributed by atoms with E-state index in [1.807, 2.05) is 60.7 Å². The van der Waals surface area contributed by atoms with Gasteiger partial charge in [0, 0.05) is 9.86 Å². The van der Waals surface area contributed by atoms with Crippen molar-refractivity contribution in [2.75, 3.05) is 21.3 Å². The van der Waals surface area contributed by atoms with Gasteiger partial charge < -0.3 is 14.2 Å². The highest BCUT2D eigenvalue weighted by molar-refractivity contribution is 9.10. The van der Waals surface area contributed by atoms with Crippen molar-refractivity contribution in [3.63, 3.8) is 0 Å². The van der Waals surface area contributed by atoms with E-state index in [0.29, 0.717) is 28.5 Å². The second-order valence-corrected chi connectivity index (χ2v) is 7.83. The van der Waals surface area contributed by atoms with Crippen LogP contribution in [0.2, 0.25) is 0 Å². The van der Waals surface area contributed by atoms with Crippen LogP contribution in [0.15, 0.2) is 69.9 Å². The van der Waals surface area contributed by atoms with Gasteiger partial charge in [0.05, 0.1) is 32.7 Å². The highest BCUT2D eigenvalue weighted by Gasteiger charge is 2.14. The van der Waals surface area contributed by atoms with Gasteiger partial charge in [0.25, 0.3) is 0 Å². The van der Waals surface area contributed by atoms with E-state index in [-0.39, 0.29) is 5.43 Å². The molecule has 1 aromatic heterocycles. The summed E-state index contributed by atoms with van der Waals surface area (Å²) in [5.74, 6) is 1.65. The van der Waals surface area contributed by atoms with Crippen LogP contribution in [-0.4, -0.2) is 31.1 Å². The number of benzene rings is 2. The Balaban J connectivity index is 1.87. The molecule has 0 saturated heterocycles. The Labute approximate surface area is 193 Å². The molecule has 4 aromatic rings. The molecule has 0 radical (unpaired) electrons. The van der Waals surface area contributed by atoms with Crippen molar-refractivity contribution in [3.05, 3.63) is 86.6 Å². The molecule has 0 aliphatic carbocycles. The molecule has 0 unspecified atom stereocenters. The second kappa shape index (κ2) is 9.28. The molecule has 0 atom stereocenters. The lowest BCUT2D eigenvalue weighted by molar-refractivity contribution is 0.324. The predicted molar refractivity (Wildman–Crippen MR) is 130 cm³/mol. The van der Waals surface area contributed by atoms with E-state index in [2.05, 4.69) is 15.9 Å². The van der Waals surface area contributed by atoms with Gasteiger partial charge in [0.1, 0.15) is 5.52 Å². The summed E-state index contributed by atoms with van der Waals surface area (Å²) in [5, 5.41) is 5.50. The van der Waals surface area contributed by atoms with Crippen molar-refractivity contribution in [1.82, 2.24) is 9.78 Å². The molecule has 0 N–H and O–H groups in total. The van der Waals surface area contributed by atoms with Crippen LogP contribution in [0.5, 0.6) is 17.2 Å².